The molecule has 120 valence electrons. The second-order valence-corrected chi connectivity index (χ2v) is 5.53. The van der Waals surface area contributed by atoms with Gasteiger partial charge in [0.15, 0.2) is 5.65 Å². The fourth-order valence-electron chi connectivity index (χ4n) is 2.57. The van der Waals surface area contributed by atoms with E-state index in [1.165, 1.54) is 0 Å². The number of fused-ring (bicyclic) bond motifs is 1. The predicted octanol–water partition coefficient (Wildman–Crippen LogP) is 3.55. The van der Waals surface area contributed by atoms with Crippen LogP contribution in [0, 0.1) is 0 Å². The number of aromatic amines is 1. The second kappa shape index (κ2) is 6.49. The lowest BCUT2D eigenvalue weighted by Crippen LogP contribution is -2.12. The van der Waals surface area contributed by atoms with E-state index in [0.717, 1.165) is 16.7 Å². The lowest BCUT2D eigenvalue weighted by atomic mass is 10.1. The van der Waals surface area contributed by atoms with Gasteiger partial charge in [-0.3, -0.25) is 9.78 Å². The Hall–Kier alpha value is -3.60. The lowest BCUT2D eigenvalue weighted by Gasteiger charge is -2.03. The fourth-order valence-corrected chi connectivity index (χ4v) is 2.57. The number of hydrogen-bond acceptors (Lipinski definition) is 4. The highest BCUT2D eigenvalue weighted by atomic mass is 16.1. The van der Waals surface area contributed by atoms with Gasteiger partial charge in [-0.2, -0.15) is 0 Å². The number of H-pyrrole nitrogens is 1. The minimum Gasteiger partial charge on any atom is -0.303 e. The van der Waals surface area contributed by atoms with Crippen LogP contribution < -0.4 is 5.56 Å². The maximum absolute atomic E-state index is 12.3. The maximum Gasteiger partial charge on any atom is 0.276 e. The van der Waals surface area contributed by atoms with E-state index in [1.807, 2.05) is 54.6 Å². The molecule has 0 unspecified atom stereocenters. The largest absolute Gasteiger partial charge is 0.303 e. The minimum absolute atomic E-state index is 0.250. The Kier molecular flexibility index (Phi) is 3.88. The highest BCUT2D eigenvalue weighted by Crippen LogP contribution is 2.18. The molecule has 4 rings (SSSR count). The van der Waals surface area contributed by atoms with Gasteiger partial charge in [-0.05, 0) is 35.4 Å². The standard InChI is InChI=1S/C20H14N4O/c25-20-18(23-17-7-3-11-22-19(17)24-20)16-6-1-4-14(12-16)8-9-15-5-2-10-21-13-15/h1-13H,(H,22,24,25)/b9-8+. The molecule has 0 aliphatic carbocycles. The summed E-state index contributed by atoms with van der Waals surface area (Å²) in [4.78, 5) is 27.8. The Morgan fingerprint density at radius 2 is 1.76 bits per heavy atom. The van der Waals surface area contributed by atoms with Crippen LogP contribution in [0.5, 0.6) is 0 Å². The van der Waals surface area contributed by atoms with Gasteiger partial charge in [0.05, 0.1) is 0 Å². The molecule has 0 spiro atoms. The summed E-state index contributed by atoms with van der Waals surface area (Å²) in [7, 11) is 0. The number of aromatic nitrogens is 4. The van der Waals surface area contributed by atoms with E-state index in [-0.39, 0.29) is 5.56 Å². The van der Waals surface area contributed by atoms with Crippen LogP contribution in [-0.2, 0) is 0 Å². The van der Waals surface area contributed by atoms with Crippen molar-refractivity contribution in [3.05, 3.63) is 88.6 Å². The quantitative estimate of drug-likeness (QED) is 0.625. The molecule has 0 atom stereocenters. The molecule has 1 aromatic carbocycles. The van der Waals surface area contributed by atoms with Crippen molar-refractivity contribution in [2.24, 2.45) is 0 Å². The van der Waals surface area contributed by atoms with Crippen molar-refractivity contribution in [1.29, 1.82) is 0 Å². The SMILES string of the molecule is O=c1[nH]c2ncccc2nc1-c1cccc(/C=C/c2cccnc2)c1. The van der Waals surface area contributed by atoms with Crippen molar-refractivity contribution in [2.45, 2.75) is 0 Å². The van der Waals surface area contributed by atoms with Crippen molar-refractivity contribution in [3.8, 4) is 11.3 Å². The zero-order valence-corrected chi connectivity index (χ0v) is 13.3. The molecule has 3 heterocycles. The Bertz CT molecular complexity index is 1120. The Labute approximate surface area is 143 Å². The summed E-state index contributed by atoms with van der Waals surface area (Å²) in [5.74, 6) is 0. The Morgan fingerprint density at radius 1 is 0.920 bits per heavy atom. The molecule has 3 aromatic heterocycles. The number of nitrogens with zero attached hydrogens (tertiary/aromatic N) is 3. The van der Waals surface area contributed by atoms with Crippen molar-refractivity contribution in [1.82, 2.24) is 19.9 Å². The van der Waals surface area contributed by atoms with Crippen LogP contribution in [0.2, 0.25) is 0 Å². The number of benzene rings is 1. The molecule has 0 saturated heterocycles. The summed E-state index contributed by atoms with van der Waals surface area (Å²) >= 11 is 0. The molecule has 25 heavy (non-hydrogen) atoms. The molecule has 0 aliphatic rings. The summed E-state index contributed by atoms with van der Waals surface area (Å²) in [5.41, 5.74) is 4.05. The van der Waals surface area contributed by atoms with Crippen LogP contribution in [0.4, 0.5) is 0 Å². The highest BCUT2D eigenvalue weighted by Gasteiger charge is 2.08. The Morgan fingerprint density at radius 3 is 2.64 bits per heavy atom. The predicted molar refractivity (Wildman–Crippen MR) is 98.8 cm³/mol. The number of nitrogens with one attached hydrogen (secondary N) is 1. The van der Waals surface area contributed by atoms with Gasteiger partial charge in [-0.1, -0.05) is 36.4 Å². The van der Waals surface area contributed by atoms with Crippen LogP contribution in [-0.4, -0.2) is 19.9 Å². The monoisotopic (exact) mass is 326 g/mol. The summed E-state index contributed by atoms with van der Waals surface area (Å²) in [6, 6.07) is 15.2. The number of rotatable bonds is 3. The molecule has 0 radical (unpaired) electrons. The van der Waals surface area contributed by atoms with Crippen LogP contribution in [0.25, 0.3) is 34.6 Å². The van der Waals surface area contributed by atoms with Crippen molar-refractivity contribution < 1.29 is 0 Å². The maximum atomic E-state index is 12.3. The third-order valence-corrected chi connectivity index (χ3v) is 3.78. The summed E-state index contributed by atoms with van der Waals surface area (Å²) in [6.45, 7) is 0. The first-order chi connectivity index (χ1) is 12.3. The molecular weight excluding hydrogens is 312 g/mol. The smallest absolute Gasteiger partial charge is 0.276 e. The van der Waals surface area contributed by atoms with Crippen molar-refractivity contribution >= 4 is 23.3 Å². The molecular formula is C20H14N4O. The van der Waals surface area contributed by atoms with E-state index in [2.05, 4.69) is 19.9 Å². The first kappa shape index (κ1) is 15.0. The summed E-state index contributed by atoms with van der Waals surface area (Å²) < 4.78 is 0. The van der Waals surface area contributed by atoms with Gasteiger partial charge in [-0.15, -0.1) is 0 Å². The molecule has 5 heteroatoms. The Balaban J connectivity index is 1.73. The van der Waals surface area contributed by atoms with Gasteiger partial charge in [0.2, 0.25) is 0 Å². The van der Waals surface area contributed by atoms with Gasteiger partial charge < -0.3 is 4.98 Å². The van der Waals surface area contributed by atoms with Gasteiger partial charge >= 0.3 is 0 Å². The van der Waals surface area contributed by atoms with E-state index in [9.17, 15) is 4.79 Å². The van der Waals surface area contributed by atoms with E-state index in [4.69, 9.17) is 0 Å². The van der Waals surface area contributed by atoms with Crippen molar-refractivity contribution in [2.75, 3.05) is 0 Å². The van der Waals surface area contributed by atoms with Crippen LogP contribution in [0.15, 0.2) is 71.9 Å². The average Bonchev–Trinajstić information content (AvgIpc) is 2.67. The number of hydrogen-bond donors (Lipinski definition) is 1. The molecule has 0 fully saturated rings. The van der Waals surface area contributed by atoms with Gasteiger partial charge in [0.25, 0.3) is 5.56 Å². The highest BCUT2D eigenvalue weighted by molar-refractivity contribution is 5.75. The van der Waals surface area contributed by atoms with E-state index < -0.39 is 0 Å². The van der Waals surface area contributed by atoms with Crippen LogP contribution in [0.1, 0.15) is 11.1 Å². The van der Waals surface area contributed by atoms with Gasteiger partial charge in [0.1, 0.15) is 11.2 Å². The zero-order valence-electron chi connectivity index (χ0n) is 13.3. The minimum atomic E-state index is -0.250. The molecule has 4 aromatic rings. The molecule has 0 bridgehead atoms. The average molecular weight is 326 g/mol. The van der Waals surface area contributed by atoms with Gasteiger partial charge in [0, 0.05) is 24.2 Å². The summed E-state index contributed by atoms with van der Waals surface area (Å²) in [5, 5.41) is 0. The summed E-state index contributed by atoms with van der Waals surface area (Å²) in [6.07, 6.45) is 9.13. The first-order valence-electron chi connectivity index (χ1n) is 7.83. The first-order valence-corrected chi connectivity index (χ1v) is 7.83. The fraction of sp³-hybridized carbons (Fsp3) is 0. The third kappa shape index (κ3) is 3.21. The molecule has 0 amide bonds. The molecule has 0 saturated carbocycles. The van der Waals surface area contributed by atoms with E-state index >= 15 is 0 Å². The third-order valence-electron chi connectivity index (χ3n) is 3.78. The number of pyridine rings is 2. The van der Waals surface area contributed by atoms with Crippen LogP contribution >= 0.6 is 0 Å². The van der Waals surface area contributed by atoms with Gasteiger partial charge in [-0.25, -0.2) is 9.97 Å². The normalized spacial score (nSPS) is 11.2. The second-order valence-electron chi connectivity index (χ2n) is 5.53. The van der Waals surface area contributed by atoms with E-state index in [0.29, 0.717) is 16.9 Å². The molecule has 1 N–H and O–H groups in total. The molecule has 5 nitrogen and oxygen atoms in total. The van der Waals surface area contributed by atoms with Crippen molar-refractivity contribution in [3.63, 3.8) is 0 Å². The van der Waals surface area contributed by atoms with E-state index in [1.54, 1.807) is 24.7 Å². The van der Waals surface area contributed by atoms with Crippen LogP contribution in [0.3, 0.4) is 0 Å². The molecule has 0 aliphatic heterocycles. The zero-order chi connectivity index (χ0) is 17.1. The lowest BCUT2D eigenvalue weighted by molar-refractivity contribution is 1.17. The topological polar surface area (TPSA) is 71.5 Å².